The lowest BCUT2D eigenvalue weighted by Gasteiger charge is -2.26. The summed E-state index contributed by atoms with van der Waals surface area (Å²) >= 11 is 3.51. The molecule has 3 aromatic carbocycles. The van der Waals surface area contributed by atoms with E-state index >= 15 is 0 Å². The minimum atomic E-state index is -0.166. The van der Waals surface area contributed by atoms with Gasteiger partial charge in [0.1, 0.15) is 5.70 Å². The molecule has 4 heteroatoms. The predicted molar refractivity (Wildman–Crippen MR) is 128 cm³/mol. The van der Waals surface area contributed by atoms with Gasteiger partial charge in [-0.1, -0.05) is 40.2 Å². The number of anilines is 2. The molecule has 0 fully saturated rings. The highest BCUT2D eigenvalue weighted by Crippen LogP contribution is 2.37. The molecule has 1 atom stereocenters. The van der Waals surface area contributed by atoms with Gasteiger partial charge < -0.3 is 5.32 Å². The lowest BCUT2D eigenvalue weighted by atomic mass is 10.0. The van der Waals surface area contributed by atoms with Crippen molar-refractivity contribution in [1.82, 2.24) is 0 Å². The highest BCUT2D eigenvalue weighted by molar-refractivity contribution is 9.10. The van der Waals surface area contributed by atoms with E-state index in [1.807, 2.05) is 23.1 Å². The Kier molecular flexibility index (Phi) is 5.52. The van der Waals surface area contributed by atoms with E-state index in [4.69, 9.17) is 0 Å². The van der Waals surface area contributed by atoms with Gasteiger partial charge >= 0.3 is 0 Å². The molecule has 0 unspecified atom stereocenters. The Balaban J connectivity index is 1.77. The van der Waals surface area contributed by atoms with Crippen molar-refractivity contribution in [3.8, 4) is 0 Å². The molecule has 0 saturated heterocycles. The van der Waals surface area contributed by atoms with E-state index in [0.717, 1.165) is 32.5 Å². The zero-order chi connectivity index (χ0) is 21.4. The number of nitrogens with one attached hydrogen (secondary N) is 1. The van der Waals surface area contributed by atoms with Crippen LogP contribution in [0.1, 0.15) is 33.9 Å². The number of hydrogen-bond donors (Lipinski definition) is 1. The summed E-state index contributed by atoms with van der Waals surface area (Å²) in [5.74, 6) is -0.0212. The van der Waals surface area contributed by atoms with Crippen molar-refractivity contribution < 1.29 is 4.79 Å². The Morgan fingerprint density at radius 3 is 1.90 bits per heavy atom. The normalized spacial score (nSPS) is 16.0. The molecule has 3 aromatic rings. The maximum atomic E-state index is 13.5. The van der Waals surface area contributed by atoms with Crippen LogP contribution < -0.4 is 10.2 Å². The number of benzene rings is 3. The minimum absolute atomic E-state index is 0.0212. The largest absolute Gasteiger partial charge is 0.351 e. The van der Waals surface area contributed by atoms with E-state index in [9.17, 15) is 4.79 Å². The molecular formula is C26H25BrN2O. The first-order chi connectivity index (χ1) is 14.3. The number of carbonyl (C=O) groups is 1. The van der Waals surface area contributed by atoms with Gasteiger partial charge in [0.2, 0.25) is 0 Å². The van der Waals surface area contributed by atoms with Crippen LogP contribution in [0, 0.1) is 27.7 Å². The summed E-state index contributed by atoms with van der Waals surface area (Å²) in [6.07, 6.45) is 2.03. The summed E-state index contributed by atoms with van der Waals surface area (Å²) in [7, 11) is 0. The molecule has 0 saturated carbocycles. The number of carbonyl (C=O) groups excluding carboxylic acids is 1. The van der Waals surface area contributed by atoms with Gasteiger partial charge in [0.05, 0.1) is 6.04 Å². The third kappa shape index (κ3) is 4.19. The molecule has 3 nitrogen and oxygen atoms in total. The molecule has 1 amide bonds. The van der Waals surface area contributed by atoms with Crippen LogP contribution in [-0.2, 0) is 4.79 Å². The second-order valence-electron chi connectivity index (χ2n) is 8.10. The molecule has 4 rings (SSSR count). The molecule has 0 aromatic heterocycles. The first-order valence-electron chi connectivity index (χ1n) is 10.0. The van der Waals surface area contributed by atoms with Crippen molar-refractivity contribution in [2.75, 3.05) is 10.2 Å². The van der Waals surface area contributed by atoms with Crippen LogP contribution in [0.2, 0.25) is 0 Å². The molecule has 1 N–H and O–H groups in total. The van der Waals surface area contributed by atoms with Gasteiger partial charge in [0, 0.05) is 15.8 Å². The van der Waals surface area contributed by atoms with E-state index in [0.29, 0.717) is 5.70 Å². The number of aryl methyl sites for hydroxylation is 4. The van der Waals surface area contributed by atoms with Crippen molar-refractivity contribution in [2.24, 2.45) is 0 Å². The van der Waals surface area contributed by atoms with Crippen LogP contribution in [-0.4, -0.2) is 5.91 Å². The van der Waals surface area contributed by atoms with Crippen LogP contribution >= 0.6 is 15.9 Å². The van der Waals surface area contributed by atoms with Gasteiger partial charge in [0.15, 0.2) is 0 Å². The molecule has 0 spiro atoms. The lowest BCUT2D eigenvalue weighted by molar-refractivity contribution is -0.114. The number of hydrogen-bond acceptors (Lipinski definition) is 2. The van der Waals surface area contributed by atoms with E-state index in [-0.39, 0.29) is 11.9 Å². The average molecular weight is 461 g/mol. The van der Waals surface area contributed by atoms with Crippen LogP contribution in [0.3, 0.4) is 0 Å². The Bertz CT molecular complexity index is 1110. The summed E-state index contributed by atoms with van der Waals surface area (Å²) in [5, 5.41) is 3.37. The highest BCUT2D eigenvalue weighted by Gasteiger charge is 2.35. The standard InChI is InChI=1S/C26H25BrN2O/c1-16-9-17(2)12-22(11-16)28-24-15-25(20-5-7-21(27)8-6-20)29(26(24)30)23-13-18(3)10-19(4)14-23/h5-15,25,28H,1-4H3/t25-/m1/s1. The fourth-order valence-corrected chi connectivity index (χ4v) is 4.39. The fraction of sp³-hybridized carbons (Fsp3) is 0.192. The first kappa shape index (κ1) is 20.4. The molecule has 0 radical (unpaired) electrons. The molecule has 1 aliphatic heterocycles. The first-order valence-corrected chi connectivity index (χ1v) is 10.8. The summed E-state index contributed by atoms with van der Waals surface area (Å²) in [6, 6.07) is 20.5. The fourth-order valence-electron chi connectivity index (χ4n) is 4.13. The average Bonchev–Trinajstić information content (AvgIpc) is 2.97. The molecule has 0 bridgehead atoms. The second kappa shape index (κ2) is 8.11. The van der Waals surface area contributed by atoms with Gasteiger partial charge in [0.25, 0.3) is 5.91 Å². The zero-order valence-corrected chi connectivity index (χ0v) is 19.2. The Morgan fingerprint density at radius 2 is 1.33 bits per heavy atom. The Hall–Kier alpha value is -2.85. The molecule has 1 aliphatic rings. The van der Waals surface area contributed by atoms with Gasteiger partial charge in [-0.3, -0.25) is 9.69 Å². The maximum Gasteiger partial charge on any atom is 0.275 e. The van der Waals surface area contributed by atoms with Crippen LogP contribution in [0.15, 0.2) is 76.9 Å². The van der Waals surface area contributed by atoms with E-state index in [2.05, 4.69) is 97.5 Å². The zero-order valence-electron chi connectivity index (χ0n) is 17.7. The number of rotatable bonds is 4. The molecule has 30 heavy (non-hydrogen) atoms. The SMILES string of the molecule is Cc1cc(C)cc(NC2=C[C@H](c3ccc(Br)cc3)N(c3cc(C)cc(C)c3)C2=O)c1. The Morgan fingerprint density at radius 1 is 0.800 bits per heavy atom. The third-order valence-electron chi connectivity index (χ3n) is 5.25. The number of halogens is 1. The van der Waals surface area contributed by atoms with E-state index < -0.39 is 0 Å². The Labute approximate surface area is 186 Å². The van der Waals surface area contributed by atoms with E-state index in [1.54, 1.807) is 0 Å². The number of nitrogens with zero attached hydrogens (tertiary/aromatic N) is 1. The van der Waals surface area contributed by atoms with Crippen molar-refractivity contribution in [3.63, 3.8) is 0 Å². The van der Waals surface area contributed by atoms with Crippen molar-refractivity contribution >= 4 is 33.2 Å². The smallest absolute Gasteiger partial charge is 0.275 e. The van der Waals surface area contributed by atoms with Gasteiger partial charge in [-0.25, -0.2) is 0 Å². The summed E-state index contributed by atoms with van der Waals surface area (Å²) < 4.78 is 1.02. The topological polar surface area (TPSA) is 32.3 Å². The van der Waals surface area contributed by atoms with Crippen molar-refractivity contribution in [2.45, 2.75) is 33.7 Å². The third-order valence-corrected chi connectivity index (χ3v) is 5.78. The second-order valence-corrected chi connectivity index (χ2v) is 9.01. The van der Waals surface area contributed by atoms with Gasteiger partial charge in [-0.15, -0.1) is 0 Å². The minimum Gasteiger partial charge on any atom is -0.351 e. The summed E-state index contributed by atoms with van der Waals surface area (Å²) in [5.41, 5.74) is 8.14. The summed E-state index contributed by atoms with van der Waals surface area (Å²) in [6.45, 7) is 8.26. The predicted octanol–water partition coefficient (Wildman–Crippen LogP) is 6.77. The number of amides is 1. The maximum absolute atomic E-state index is 13.5. The highest BCUT2D eigenvalue weighted by atomic mass is 79.9. The molecular weight excluding hydrogens is 436 g/mol. The summed E-state index contributed by atoms with van der Waals surface area (Å²) in [4.78, 5) is 15.4. The van der Waals surface area contributed by atoms with Crippen LogP contribution in [0.5, 0.6) is 0 Å². The van der Waals surface area contributed by atoms with Crippen molar-refractivity contribution in [1.29, 1.82) is 0 Å². The van der Waals surface area contributed by atoms with Crippen LogP contribution in [0.4, 0.5) is 11.4 Å². The van der Waals surface area contributed by atoms with Gasteiger partial charge in [-0.2, -0.15) is 0 Å². The molecule has 0 aliphatic carbocycles. The van der Waals surface area contributed by atoms with Crippen LogP contribution in [0.25, 0.3) is 0 Å². The quantitative estimate of drug-likeness (QED) is 0.465. The van der Waals surface area contributed by atoms with Crippen molar-refractivity contribution in [3.05, 3.63) is 105 Å². The molecule has 1 heterocycles. The lowest BCUT2D eigenvalue weighted by Crippen LogP contribution is -2.31. The van der Waals surface area contributed by atoms with Gasteiger partial charge in [-0.05, 0) is 98.0 Å². The molecule has 152 valence electrons. The monoisotopic (exact) mass is 460 g/mol. The van der Waals surface area contributed by atoms with E-state index in [1.165, 1.54) is 11.1 Å².